The first-order valence-corrected chi connectivity index (χ1v) is 3.52. The van der Waals surface area contributed by atoms with Crippen LogP contribution in [0.2, 0.25) is 0 Å². The molecule has 0 aliphatic carbocycles. The molecule has 0 saturated carbocycles. The number of hydrogen-bond acceptors (Lipinski definition) is 1. The van der Waals surface area contributed by atoms with E-state index in [1.54, 1.807) is 24.3 Å². The Morgan fingerprint density at radius 1 is 1.58 bits per heavy atom. The lowest BCUT2D eigenvalue weighted by Gasteiger charge is -2.01. The Morgan fingerprint density at radius 3 is 2.67 bits per heavy atom. The number of alkyl halides is 1. The monoisotopic (exact) mass is 167 g/mol. The Kier molecular flexibility index (Phi) is 2.80. The molecule has 2 nitrogen and oxygen atoms in total. The largest absolute Gasteiger partial charge is 0.479 e. The number of halogens is 1. The van der Waals surface area contributed by atoms with Gasteiger partial charge >= 0.3 is 5.97 Å². The molecule has 0 aromatic heterocycles. The summed E-state index contributed by atoms with van der Waals surface area (Å²) in [7, 11) is 0. The Bertz CT molecular complexity index is 258. The molecule has 0 saturated heterocycles. The van der Waals surface area contributed by atoms with Gasteiger partial charge in [0.15, 0.2) is 0 Å². The number of carbonyl (C=O) groups is 1. The van der Waals surface area contributed by atoms with Gasteiger partial charge in [-0.3, -0.25) is 0 Å². The lowest BCUT2D eigenvalue weighted by Crippen LogP contribution is -2.16. The first-order chi connectivity index (χ1) is 5.70. The van der Waals surface area contributed by atoms with Gasteiger partial charge in [0.1, 0.15) is 0 Å². The molecule has 1 unspecified atom stereocenters. The van der Waals surface area contributed by atoms with E-state index in [0.29, 0.717) is 5.56 Å². The van der Waals surface area contributed by atoms with Gasteiger partial charge in [0.25, 0.3) is 0 Å². The van der Waals surface area contributed by atoms with Gasteiger partial charge in [0.05, 0.1) is 0 Å². The van der Waals surface area contributed by atoms with Crippen LogP contribution in [0.4, 0.5) is 4.39 Å². The summed E-state index contributed by atoms with van der Waals surface area (Å²) in [6.45, 7) is 0. The highest BCUT2D eigenvalue weighted by Crippen LogP contribution is 2.05. The third-order valence-corrected chi connectivity index (χ3v) is 1.47. The molecule has 1 rings (SSSR count). The molecule has 0 bridgehead atoms. The van der Waals surface area contributed by atoms with E-state index in [1.807, 2.05) is 0 Å². The van der Waals surface area contributed by atoms with Crippen molar-refractivity contribution in [1.29, 1.82) is 0 Å². The summed E-state index contributed by atoms with van der Waals surface area (Å²) in [6, 6.07) is 9.32. The van der Waals surface area contributed by atoms with Crippen molar-refractivity contribution in [3.63, 3.8) is 0 Å². The molecule has 0 aliphatic rings. The average molecular weight is 167 g/mol. The summed E-state index contributed by atoms with van der Waals surface area (Å²) >= 11 is 0. The van der Waals surface area contributed by atoms with E-state index < -0.39 is 12.1 Å². The van der Waals surface area contributed by atoms with Crippen LogP contribution in [0.25, 0.3) is 0 Å². The van der Waals surface area contributed by atoms with Crippen LogP contribution in [0, 0.1) is 6.07 Å². The van der Waals surface area contributed by atoms with Crippen LogP contribution in [0.3, 0.4) is 0 Å². The maximum Gasteiger partial charge on any atom is 0.338 e. The highest BCUT2D eigenvalue weighted by Gasteiger charge is 2.15. The average Bonchev–Trinajstić information content (AvgIpc) is 2.06. The number of carboxylic acid groups (broad SMARTS) is 1. The molecule has 1 aromatic carbocycles. The number of hydrogen-bond donors (Lipinski definition) is 1. The molecule has 1 aromatic rings. The van der Waals surface area contributed by atoms with E-state index in [2.05, 4.69) is 6.07 Å². The molecule has 0 heterocycles. The van der Waals surface area contributed by atoms with Crippen LogP contribution >= 0.6 is 0 Å². The van der Waals surface area contributed by atoms with Gasteiger partial charge in [0.2, 0.25) is 6.17 Å². The highest BCUT2D eigenvalue weighted by molar-refractivity contribution is 5.72. The number of carboxylic acids is 1. The zero-order chi connectivity index (χ0) is 8.97. The zero-order valence-corrected chi connectivity index (χ0v) is 6.33. The Hall–Kier alpha value is -1.38. The van der Waals surface area contributed by atoms with E-state index in [0.717, 1.165) is 0 Å². The van der Waals surface area contributed by atoms with E-state index >= 15 is 0 Å². The van der Waals surface area contributed by atoms with Crippen LogP contribution in [0.5, 0.6) is 0 Å². The molecular weight excluding hydrogens is 159 g/mol. The first kappa shape index (κ1) is 8.71. The quantitative estimate of drug-likeness (QED) is 0.739. The van der Waals surface area contributed by atoms with Crippen LogP contribution in [-0.2, 0) is 11.2 Å². The minimum atomic E-state index is -1.81. The molecule has 1 radical (unpaired) electrons. The van der Waals surface area contributed by atoms with Crippen molar-refractivity contribution in [3.05, 3.63) is 35.9 Å². The van der Waals surface area contributed by atoms with Gasteiger partial charge in [0, 0.05) is 6.42 Å². The van der Waals surface area contributed by atoms with Crippen LogP contribution < -0.4 is 0 Å². The summed E-state index contributed by atoms with van der Waals surface area (Å²) in [5, 5.41) is 8.26. The van der Waals surface area contributed by atoms with Crippen molar-refractivity contribution in [2.45, 2.75) is 12.6 Å². The minimum Gasteiger partial charge on any atom is -0.479 e. The van der Waals surface area contributed by atoms with E-state index in [4.69, 9.17) is 5.11 Å². The second-order valence-electron chi connectivity index (χ2n) is 2.42. The molecule has 1 N–H and O–H groups in total. The topological polar surface area (TPSA) is 37.3 Å². The second-order valence-corrected chi connectivity index (χ2v) is 2.42. The summed E-state index contributed by atoms with van der Waals surface area (Å²) in [5.74, 6) is -1.41. The van der Waals surface area contributed by atoms with Crippen molar-refractivity contribution in [1.82, 2.24) is 0 Å². The molecular formula is C9H8FO2. The first-order valence-electron chi connectivity index (χ1n) is 3.52. The van der Waals surface area contributed by atoms with Gasteiger partial charge < -0.3 is 5.11 Å². The lowest BCUT2D eigenvalue weighted by molar-refractivity contribution is -0.142. The molecule has 63 valence electrons. The van der Waals surface area contributed by atoms with E-state index in [9.17, 15) is 9.18 Å². The predicted octanol–water partition coefficient (Wildman–Crippen LogP) is 1.45. The third-order valence-electron chi connectivity index (χ3n) is 1.47. The van der Waals surface area contributed by atoms with Crippen molar-refractivity contribution in [2.24, 2.45) is 0 Å². The molecule has 0 fully saturated rings. The van der Waals surface area contributed by atoms with Gasteiger partial charge in [-0.25, -0.2) is 9.18 Å². The third kappa shape index (κ3) is 2.34. The van der Waals surface area contributed by atoms with Crippen molar-refractivity contribution in [3.8, 4) is 0 Å². The van der Waals surface area contributed by atoms with Crippen LogP contribution in [0.1, 0.15) is 5.56 Å². The fourth-order valence-corrected chi connectivity index (χ4v) is 0.852. The number of rotatable bonds is 3. The molecule has 0 spiro atoms. The Labute approximate surface area is 69.6 Å². The molecule has 0 aliphatic heterocycles. The standard InChI is InChI=1S/C9H8FO2/c10-8(9(11)12)6-7-4-2-1-3-5-7/h2-5,8H,6H2,(H,11,12). The van der Waals surface area contributed by atoms with Gasteiger partial charge in [-0.05, 0) is 11.6 Å². The van der Waals surface area contributed by atoms with Gasteiger partial charge in [-0.1, -0.05) is 24.3 Å². The van der Waals surface area contributed by atoms with Crippen LogP contribution in [-0.4, -0.2) is 17.2 Å². The molecule has 12 heavy (non-hydrogen) atoms. The summed E-state index contributed by atoms with van der Waals surface area (Å²) in [4.78, 5) is 10.1. The Balaban J connectivity index is 2.58. The molecule has 3 heteroatoms. The van der Waals surface area contributed by atoms with Crippen molar-refractivity contribution in [2.75, 3.05) is 0 Å². The number of aliphatic carboxylic acids is 1. The fraction of sp³-hybridized carbons (Fsp3) is 0.222. The van der Waals surface area contributed by atoms with Crippen LogP contribution in [0.15, 0.2) is 24.3 Å². The van der Waals surface area contributed by atoms with Gasteiger partial charge in [-0.15, -0.1) is 0 Å². The maximum atomic E-state index is 12.6. The zero-order valence-electron chi connectivity index (χ0n) is 6.33. The minimum absolute atomic E-state index is 0.0794. The second kappa shape index (κ2) is 3.85. The normalized spacial score (nSPS) is 12.4. The van der Waals surface area contributed by atoms with E-state index in [-0.39, 0.29) is 6.42 Å². The molecule has 1 atom stereocenters. The van der Waals surface area contributed by atoms with Crippen molar-refractivity contribution < 1.29 is 14.3 Å². The Morgan fingerprint density at radius 2 is 2.17 bits per heavy atom. The fourth-order valence-electron chi connectivity index (χ4n) is 0.852. The summed E-state index contributed by atoms with van der Waals surface area (Å²) in [6.07, 6.45) is -1.89. The van der Waals surface area contributed by atoms with Gasteiger partial charge in [-0.2, -0.15) is 0 Å². The lowest BCUT2D eigenvalue weighted by atomic mass is 10.1. The number of benzene rings is 1. The smallest absolute Gasteiger partial charge is 0.338 e. The SMILES string of the molecule is O=C(O)C(F)Cc1cc[c]cc1. The van der Waals surface area contributed by atoms with E-state index in [1.165, 1.54) is 0 Å². The maximum absolute atomic E-state index is 12.6. The predicted molar refractivity (Wildman–Crippen MR) is 41.5 cm³/mol. The molecule has 0 amide bonds. The highest BCUT2D eigenvalue weighted by atomic mass is 19.1. The van der Waals surface area contributed by atoms with Crippen molar-refractivity contribution >= 4 is 5.97 Å². The summed E-state index contributed by atoms with van der Waals surface area (Å²) < 4.78 is 12.6. The summed E-state index contributed by atoms with van der Waals surface area (Å²) in [5.41, 5.74) is 0.670.